The van der Waals surface area contributed by atoms with Crippen LogP contribution in [0.1, 0.15) is 5.76 Å². The molecule has 0 bridgehead atoms. The lowest BCUT2D eigenvalue weighted by Crippen LogP contribution is -2.23. The van der Waals surface area contributed by atoms with Gasteiger partial charge in [0.25, 0.3) is 5.56 Å². The molecule has 0 saturated carbocycles. The number of rotatable bonds is 4. The molecular formula is C22H14ClN3O3S. The number of nitrogens with zero attached hydrogens (tertiary/aromatic N) is 3. The molecule has 0 unspecified atom stereocenters. The molecule has 0 atom stereocenters. The zero-order valence-electron chi connectivity index (χ0n) is 15.7. The van der Waals surface area contributed by atoms with Crippen LogP contribution < -0.4 is 14.8 Å². The number of hydrogen-bond acceptors (Lipinski definition) is 6. The first-order valence-electron chi connectivity index (χ1n) is 9.03. The number of methoxy groups -OCH3 is 1. The zero-order valence-corrected chi connectivity index (χ0v) is 17.3. The minimum Gasteiger partial charge on any atom is -0.496 e. The Kier molecular flexibility index (Phi) is 4.61. The summed E-state index contributed by atoms with van der Waals surface area (Å²) in [6.45, 7) is 0. The molecule has 148 valence electrons. The van der Waals surface area contributed by atoms with E-state index in [0.717, 1.165) is 11.1 Å². The molecule has 5 rings (SSSR count). The lowest BCUT2D eigenvalue weighted by molar-refractivity contribution is 0.416. The van der Waals surface area contributed by atoms with Gasteiger partial charge in [-0.1, -0.05) is 35.1 Å². The highest BCUT2D eigenvalue weighted by Gasteiger charge is 2.15. The zero-order chi connectivity index (χ0) is 20.7. The lowest BCUT2D eigenvalue weighted by atomic mass is 10.2. The third kappa shape index (κ3) is 3.28. The van der Waals surface area contributed by atoms with Gasteiger partial charge in [0.15, 0.2) is 5.82 Å². The molecule has 2 aromatic carbocycles. The van der Waals surface area contributed by atoms with Crippen LogP contribution in [-0.4, -0.2) is 21.7 Å². The minimum atomic E-state index is -0.243. The molecule has 5 aromatic rings. The number of benzene rings is 2. The van der Waals surface area contributed by atoms with Crippen molar-refractivity contribution in [1.29, 1.82) is 0 Å². The average molecular weight is 436 g/mol. The molecule has 0 aliphatic carbocycles. The van der Waals surface area contributed by atoms with E-state index in [2.05, 4.69) is 10.1 Å². The summed E-state index contributed by atoms with van der Waals surface area (Å²) < 4.78 is 13.0. The van der Waals surface area contributed by atoms with E-state index in [1.807, 2.05) is 48.5 Å². The first-order valence-corrected chi connectivity index (χ1v) is 10.2. The SMILES string of the molecule is COc1ccccc1-c1nc2s/c(=C\c3ccc(-c4ccc(Cl)cc4)o3)c(=O)n2n1. The Balaban J connectivity index is 1.52. The highest BCUT2D eigenvalue weighted by atomic mass is 35.5. The van der Waals surface area contributed by atoms with E-state index in [-0.39, 0.29) is 5.56 Å². The number of aromatic nitrogens is 3. The maximum atomic E-state index is 12.8. The van der Waals surface area contributed by atoms with Gasteiger partial charge in [-0.25, -0.2) is 0 Å². The van der Waals surface area contributed by atoms with Crippen molar-refractivity contribution in [3.63, 3.8) is 0 Å². The first kappa shape index (κ1) is 18.6. The number of furan rings is 1. The van der Waals surface area contributed by atoms with Crippen molar-refractivity contribution in [2.45, 2.75) is 0 Å². The van der Waals surface area contributed by atoms with Crippen molar-refractivity contribution < 1.29 is 9.15 Å². The maximum Gasteiger partial charge on any atom is 0.291 e. The smallest absolute Gasteiger partial charge is 0.291 e. The average Bonchev–Trinajstić information content (AvgIpc) is 3.46. The Hall–Kier alpha value is -3.42. The third-order valence-corrected chi connectivity index (χ3v) is 5.77. The molecular weight excluding hydrogens is 422 g/mol. The molecule has 6 nitrogen and oxygen atoms in total. The summed E-state index contributed by atoms with van der Waals surface area (Å²) in [5, 5.41) is 5.04. The highest BCUT2D eigenvalue weighted by molar-refractivity contribution is 7.15. The summed E-state index contributed by atoms with van der Waals surface area (Å²) in [6.07, 6.45) is 1.70. The molecule has 0 radical (unpaired) electrons. The second-order valence-electron chi connectivity index (χ2n) is 6.45. The molecule has 0 N–H and O–H groups in total. The molecule has 3 aromatic heterocycles. The molecule has 8 heteroatoms. The van der Waals surface area contributed by atoms with Crippen LogP contribution in [0.15, 0.2) is 69.9 Å². The van der Waals surface area contributed by atoms with Gasteiger partial charge in [0.05, 0.1) is 12.7 Å². The van der Waals surface area contributed by atoms with Crippen LogP contribution in [0.4, 0.5) is 0 Å². The van der Waals surface area contributed by atoms with E-state index in [0.29, 0.717) is 37.6 Å². The van der Waals surface area contributed by atoms with E-state index in [1.165, 1.54) is 15.9 Å². The van der Waals surface area contributed by atoms with Crippen LogP contribution >= 0.6 is 22.9 Å². The molecule has 0 fully saturated rings. The summed E-state index contributed by atoms with van der Waals surface area (Å²) >= 11 is 7.19. The van der Waals surface area contributed by atoms with Crippen molar-refractivity contribution in [2.24, 2.45) is 0 Å². The van der Waals surface area contributed by atoms with Gasteiger partial charge in [0.2, 0.25) is 4.96 Å². The van der Waals surface area contributed by atoms with E-state index < -0.39 is 0 Å². The Bertz CT molecular complexity index is 1470. The molecule has 0 aliphatic rings. The summed E-state index contributed by atoms with van der Waals surface area (Å²) in [5.41, 5.74) is 1.40. The highest BCUT2D eigenvalue weighted by Crippen LogP contribution is 2.27. The van der Waals surface area contributed by atoms with Crippen molar-refractivity contribution in [1.82, 2.24) is 14.6 Å². The minimum absolute atomic E-state index is 0.243. The predicted octanol–water partition coefficient (Wildman–Crippen LogP) is 4.29. The number of ether oxygens (including phenoxy) is 1. The van der Waals surface area contributed by atoms with Gasteiger partial charge >= 0.3 is 0 Å². The van der Waals surface area contributed by atoms with Crippen LogP contribution in [-0.2, 0) is 0 Å². The predicted molar refractivity (Wildman–Crippen MR) is 117 cm³/mol. The van der Waals surface area contributed by atoms with Crippen LogP contribution in [0.3, 0.4) is 0 Å². The van der Waals surface area contributed by atoms with E-state index in [9.17, 15) is 4.79 Å². The van der Waals surface area contributed by atoms with Gasteiger partial charge in [0, 0.05) is 16.7 Å². The van der Waals surface area contributed by atoms with Crippen molar-refractivity contribution >= 4 is 34.0 Å². The Morgan fingerprint density at radius 1 is 1.10 bits per heavy atom. The quantitative estimate of drug-likeness (QED) is 0.421. The van der Waals surface area contributed by atoms with Gasteiger partial charge < -0.3 is 9.15 Å². The van der Waals surface area contributed by atoms with Gasteiger partial charge in [-0.15, -0.1) is 5.10 Å². The summed E-state index contributed by atoms with van der Waals surface area (Å²) in [7, 11) is 1.59. The summed E-state index contributed by atoms with van der Waals surface area (Å²) in [4.78, 5) is 17.8. The van der Waals surface area contributed by atoms with Crippen LogP contribution in [0.25, 0.3) is 33.7 Å². The molecule has 0 aliphatic heterocycles. The molecule has 0 saturated heterocycles. The fraction of sp³-hybridized carbons (Fsp3) is 0.0455. The molecule has 0 spiro atoms. The number of hydrogen-bond donors (Lipinski definition) is 0. The van der Waals surface area contributed by atoms with Gasteiger partial charge in [0.1, 0.15) is 21.8 Å². The Morgan fingerprint density at radius 3 is 2.67 bits per heavy atom. The first-order chi connectivity index (χ1) is 14.6. The van der Waals surface area contributed by atoms with Gasteiger partial charge in [-0.05, 0) is 48.5 Å². The van der Waals surface area contributed by atoms with Crippen molar-refractivity contribution in [2.75, 3.05) is 7.11 Å². The van der Waals surface area contributed by atoms with Crippen LogP contribution in [0.2, 0.25) is 5.02 Å². The van der Waals surface area contributed by atoms with Crippen molar-refractivity contribution in [3.05, 3.63) is 86.3 Å². The van der Waals surface area contributed by atoms with Gasteiger partial charge in [-0.3, -0.25) is 4.79 Å². The summed E-state index contributed by atoms with van der Waals surface area (Å²) in [6, 6.07) is 18.5. The van der Waals surface area contributed by atoms with Crippen LogP contribution in [0.5, 0.6) is 5.75 Å². The largest absolute Gasteiger partial charge is 0.496 e. The molecule has 0 amide bonds. The maximum absolute atomic E-state index is 12.8. The molecule has 30 heavy (non-hydrogen) atoms. The van der Waals surface area contributed by atoms with Crippen LogP contribution in [0, 0.1) is 0 Å². The standard InChI is InChI=1S/C22H14ClN3O3S/c1-28-18-5-3-2-4-16(18)20-24-22-26(25-20)21(27)19(30-22)12-15-10-11-17(29-15)13-6-8-14(23)9-7-13/h2-12H,1H3/b19-12-. The normalized spacial score (nSPS) is 12.0. The number of thiazole rings is 1. The summed E-state index contributed by atoms with van der Waals surface area (Å²) in [5.74, 6) is 2.38. The van der Waals surface area contributed by atoms with Crippen molar-refractivity contribution in [3.8, 4) is 28.5 Å². The van der Waals surface area contributed by atoms with E-state index in [4.69, 9.17) is 20.8 Å². The topological polar surface area (TPSA) is 69.6 Å². The number of halogens is 1. The second kappa shape index (κ2) is 7.44. The lowest BCUT2D eigenvalue weighted by Gasteiger charge is -2.03. The monoisotopic (exact) mass is 435 g/mol. The Morgan fingerprint density at radius 2 is 1.90 bits per heavy atom. The number of fused-ring (bicyclic) bond motifs is 1. The fourth-order valence-electron chi connectivity index (χ4n) is 3.11. The van der Waals surface area contributed by atoms with Gasteiger partial charge in [-0.2, -0.15) is 9.50 Å². The fourth-order valence-corrected chi connectivity index (χ4v) is 4.12. The third-order valence-electron chi connectivity index (χ3n) is 4.56. The Labute approximate surface area is 179 Å². The van der Waals surface area contributed by atoms with E-state index >= 15 is 0 Å². The van der Waals surface area contributed by atoms with E-state index in [1.54, 1.807) is 25.3 Å². The molecule has 3 heterocycles. The number of para-hydroxylation sites is 1. The second-order valence-corrected chi connectivity index (χ2v) is 7.90.